The first-order valence-corrected chi connectivity index (χ1v) is 10.1. The Bertz CT molecular complexity index is 879. The van der Waals surface area contributed by atoms with Crippen LogP contribution in [-0.4, -0.2) is 61.0 Å². The molecule has 1 saturated heterocycles. The molecule has 1 atom stereocenters. The summed E-state index contributed by atoms with van der Waals surface area (Å²) in [6, 6.07) is 8.56. The van der Waals surface area contributed by atoms with Crippen molar-refractivity contribution in [1.29, 1.82) is 0 Å². The zero-order valence-corrected chi connectivity index (χ0v) is 17.6. The molecule has 30 heavy (non-hydrogen) atoms. The molecule has 160 valence electrons. The topological polar surface area (TPSA) is 77.6 Å². The number of amides is 2. The minimum absolute atomic E-state index is 0.0888. The first-order valence-electron chi connectivity index (χ1n) is 10.1. The van der Waals surface area contributed by atoms with Crippen LogP contribution in [0.3, 0.4) is 0 Å². The predicted molar refractivity (Wildman–Crippen MR) is 115 cm³/mol. The first-order chi connectivity index (χ1) is 14.3. The standard InChI is InChI=1S/C22H28FN5O2/c1-15(2)20(26-21(29)17-6-4-5-7-18(17)23)22(30)25-16-8-9-19(24-14-16)28-12-10-27(3)11-13-28/h4-9,14-15,20H,10-13H2,1-3H3,(H,25,30)(H,26,29)/t20-/m1/s1. The summed E-state index contributed by atoms with van der Waals surface area (Å²) in [5.41, 5.74) is 0.456. The summed E-state index contributed by atoms with van der Waals surface area (Å²) in [4.78, 5) is 34.1. The number of nitrogens with one attached hydrogen (secondary N) is 2. The van der Waals surface area contributed by atoms with Gasteiger partial charge in [0.2, 0.25) is 5.91 Å². The number of nitrogens with zero attached hydrogens (tertiary/aromatic N) is 3. The first kappa shape index (κ1) is 21.7. The van der Waals surface area contributed by atoms with Gasteiger partial charge < -0.3 is 20.4 Å². The minimum atomic E-state index is -0.811. The van der Waals surface area contributed by atoms with Gasteiger partial charge in [-0.05, 0) is 37.2 Å². The fraction of sp³-hybridized carbons (Fsp3) is 0.409. The van der Waals surface area contributed by atoms with Crippen molar-refractivity contribution in [2.75, 3.05) is 43.4 Å². The third-order valence-corrected chi connectivity index (χ3v) is 5.20. The number of piperazine rings is 1. The van der Waals surface area contributed by atoms with Gasteiger partial charge in [-0.3, -0.25) is 9.59 Å². The number of pyridine rings is 1. The Balaban J connectivity index is 1.63. The predicted octanol–water partition coefficient (Wildman–Crippen LogP) is 2.37. The summed E-state index contributed by atoms with van der Waals surface area (Å²) >= 11 is 0. The van der Waals surface area contributed by atoms with E-state index in [-0.39, 0.29) is 17.4 Å². The highest BCUT2D eigenvalue weighted by Gasteiger charge is 2.26. The van der Waals surface area contributed by atoms with Crippen molar-refractivity contribution < 1.29 is 14.0 Å². The number of hydrogen-bond donors (Lipinski definition) is 2. The van der Waals surface area contributed by atoms with Gasteiger partial charge in [0, 0.05) is 26.2 Å². The Labute approximate surface area is 176 Å². The van der Waals surface area contributed by atoms with Crippen LogP contribution in [0, 0.1) is 11.7 Å². The van der Waals surface area contributed by atoms with E-state index in [0.717, 1.165) is 32.0 Å². The van der Waals surface area contributed by atoms with Gasteiger partial charge in [0.05, 0.1) is 17.4 Å². The number of carbonyl (C=O) groups excluding carboxylic acids is 2. The Hall–Kier alpha value is -3.00. The second-order valence-corrected chi connectivity index (χ2v) is 7.86. The summed E-state index contributed by atoms with van der Waals surface area (Å²) in [5.74, 6) is -0.927. The van der Waals surface area contributed by atoms with Crippen LogP contribution in [0.25, 0.3) is 0 Å². The minimum Gasteiger partial charge on any atom is -0.354 e. The van der Waals surface area contributed by atoms with Gasteiger partial charge in [0.25, 0.3) is 5.91 Å². The second kappa shape index (κ2) is 9.67. The molecule has 3 rings (SSSR count). The van der Waals surface area contributed by atoms with Crippen molar-refractivity contribution in [1.82, 2.24) is 15.2 Å². The van der Waals surface area contributed by atoms with Gasteiger partial charge in [0.15, 0.2) is 0 Å². The lowest BCUT2D eigenvalue weighted by Crippen LogP contribution is -2.47. The molecular formula is C22H28FN5O2. The van der Waals surface area contributed by atoms with E-state index < -0.39 is 17.8 Å². The number of aromatic nitrogens is 1. The van der Waals surface area contributed by atoms with Crippen molar-refractivity contribution >= 4 is 23.3 Å². The fourth-order valence-corrected chi connectivity index (χ4v) is 3.30. The number of anilines is 2. The third kappa shape index (κ3) is 5.33. The Morgan fingerprint density at radius 1 is 1.07 bits per heavy atom. The highest BCUT2D eigenvalue weighted by atomic mass is 19.1. The van der Waals surface area contributed by atoms with Crippen LogP contribution in [-0.2, 0) is 4.79 Å². The largest absolute Gasteiger partial charge is 0.354 e. The zero-order chi connectivity index (χ0) is 21.7. The van der Waals surface area contributed by atoms with E-state index >= 15 is 0 Å². The van der Waals surface area contributed by atoms with Crippen LogP contribution in [0.1, 0.15) is 24.2 Å². The van der Waals surface area contributed by atoms with Crippen molar-refractivity contribution in [3.05, 3.63) is 54.0 Å². The van der Waals surface area contributed by atoms with E-state index in [1.807, 2.05) is 19.9 Å². The molecule has 2 N–H and O–H groups in total. The normalized spacial score (nSPS) is 15.7. The van der Waals surface area contributed by atoms with Crippen molar-refractivity contribution in [3.8, 4) is 0 Å². The molecule has 2 heterocycles. The quantitative estimate of drug-likeness (QED) is 0.760. The molecule has 1 fully saturated rings. The highest BCUT2D eigenvalue weighted by Crippen LogP contribution is 2.17. The summed E-state index contributed by atoms with van der Waals surface area (Å²) in [7, 11) is 2.10. The van der Waals surface area contributed by atoms with Crippen molar-refractivity contribution in [2.24, 2.45) is 5.92 Å². The molecule has 8 heteroatoms. The second-order valence-electron chi connectivity index (χ2n) is 7.86. The molecule has 0 aliphatic carbocycles. The summed E-state index contributed by atoms with van der Waals surface area (Å²) < 4.78 is 13.9. The molecule has 1 aliphatic heterocycles. The van der Waals surface area contributed by atoms with Gasteiger partial charge in [-0.2, -0.15) is 0 Å². The number of carbonyl (C=O) groups is 2. The molecule has 7 nitrogen and oxygen atoms in total. The number of halogens is 1. The third-order valence-electron chi connectivity index (χ3n) is 5.20. The monoisotopic (exact) mass is 413 g/mol. The van der Waals surface area contributed by atoms with E-state index in [1.54, 1.807) is 18.3 Å². The molecule has 1 aromatic heterocycles. The van der Waals surface area contributed by atoms with Crippen LogP contribution < -0.4 is 15.5 Å². The van der Waals surface area contributed by atoms with Crippen LogP contribution in [0.5, 0.6) is 0 Å². The Kier molecular flexibility index (Phi) is 6.99. The van der Waals surface area contributed by atoms with Gasteiger partial charge in [0.1, 0.15) is 17.7 Å². The Morgan fingerprint density at radius 3 is 2.37 bits per heavy atom. The molecule has 0 unspecified atom stereocenters. The maximum Gasteiger partial charge on any atom is 0.254 e. The average molecular weight is 413 g/mol. The summed E-state index contributed by atoms with van der Waals surface area (Å²) in [6.07, 6.45) is 1.61. The molecule has 2 aromatic rings. The maximum absolute atomic E-state index is 13.9. The molecule has 0 spiro atoms. The number of rotatable bonds is 6. The number of likely N-dealkylation sites (N-methyl/N-ethyl adjacent to an activating group) is 1. The average Bonchev–Trinajstić information content (AvgIpc) is 2.73. The molecule has 0 radical (unpaired) electrons. The lowest BCUT2D eigenvalue weighted by Gasteiger charge is -2.33. The van der Waals surface area contributed by atoms with E-state index in [4.69, 9.17) is 0 Å². The van der Waals surface area contributed by atoms with E-state index in [2.05, 4.69) is 32.5 Å². The molecular weight excluding hydrogens is 385 g/mol. The van der Waals surface area contributed by atoms with Gasteiger partial charge in [-0.1, -0.05) is 26.0 Å². The molecule has 2 amide bonds. The lowest BCUT2D eigenvalue weighted by molar-refractivity contribution is -0.118. The van der Waals surface area contributed by atoms with Gasteiger partial charge in [-0.15, -0.1) is 0 Å². The van der Waals surface area contributed by atoms with E-state index in [0.29, 0.717) is 5.69 Å². The van der Waals surface area contributed by atoms with Crippen LogP contribution >= 0.6 is 0 Å². The van der Waals surface area contributed by atoms with Gasteiger partial charge in [-0.25, -0.2) is 9.37 Å². The van der Waals surface area contributed by atoms with Crippen LogP contribution in [0.4, 0.5) is 15.9 Å². The van der Waals surface area contributed by atoms with Gasteiger partial charge >= 0.3 is 0 Å². The van der Waals surface area contributed by atoms with Crippen molar-refractivity contribution in [3.63, 3.8) is 0 Å². The van der Waals surface area contributed by atoms with Crippen LogP contribution in [0.15, 0.2) is 42.6 Å². The highest BCUT2D eigenvalue weighted by molar-refractivity contribution is 6.01. The molecule has 0 saturated carbocycles. The molecule has 0 bridgehead atoms. The Morgan fingerprint density at radius 2 is 1.77 bits per heavy atom. The lowest BCUT2D eigenvalue weighted by atomic mass is 10.0. The SMILES string of the molecule is CC(C)[C@@H](NC(=O)c1ccccc1F)C(=O)Nc1ccc(N2CCN(C)CC2)nc1. The molecule has 1 aliphatic rings. The van der Waals surface area contributed by atoms with Crippen LogP contribution in [0.2, 0.25) is 0 Å². The summed E-state index contributed by atoms with van der Waals surface area (Å²) in [5, 5.41) is 5.43. The van der Waals surface area contributed by atoms with E-state index in [9.17, 15) is 14.0 Å². The van der Waals surface area contributed by atoms with E-state index in [1.165, 1.54) is 18.2 Å². The maximum atomic E-state index is 13.9. The summed E-state index contributed by atoms with van der Waals surface area (Å²) in [6.45, 7) is 7.43. The number of benzene rings is 1. The zero-order valence-electron chi connectivity index (χ0n) is 17.6. The van der Waals surface area contributed by atoms with Crippen molar-refractivity contribution in [2.45, 2.75) is 19.9 Å². The number of hydrogen-bond acceptors (Lipinski definition) is 5. The molecule has 1 aromatic carbocycles. The fourth-order valence-electron chi connectivity index (χ4n) is 3.30. The smallest absolute Gasteiger partial charge is 0.254 e.